The summed E-state index contributed by atoms with van der Waals surface area (Å²) in [6.07, 6.45) is 2.46. The molecule has 0 aliphatic heterocycles. The lowest BCUT2D eigenvalue weighted by Crippen LogP contribution is -2.12. The van der Waals surface area contributed by atoms with E-state index in [9.17, 15) is 18.5 Å². The van der Waals surface area contributed by atoms with Gasteiger partial charge in [-0.3, -0.25) is 0 Å². The van der Waals surface area contributed by atoms with E-state index in [0.717, 1.165) is 22.1 Å². The van der Waals surface area contributed by atoms with Crippen molar-refractivity contribution in [2.75, 3.05) is 0 Å². The maximum Gasteiger partial charge on any atom is 0.342 e. The van der Waals surface area contributed by atoms with Gasteiger partial charge in [-0.1, -0.05) is 0 Å². The van der Waals surface area contributed by atoms with Crippen LogP contribution in [0.5, 0.6) is 0 Å². The maximum atomic E-state index is 11.2. The fourth-order valence-electron chi connectivity index (χ4n) is 1.36. The van der Waals surface area contributed by atoms with Crippen LogP contribution in [0, 0.1) is 10.1 Å². The number of nitrogens with zero attached hydrogens (tertiary/aromatic N) is 4. The second kappa shape index (κ2) is 4.66. The quantitative estimate of drug-likeness (QED) is 0.346. The van der Waals surface area contributed by atoms with Crippen LogP contribution in [0.3, 0.4) is 0 Å². The minimum Gasteiger partial charge on any atom is -0.358 e. The van der Waals surface area contributed by atoms with Gasteiger partial charge in [-0.15, -0.1) is 11.3 Å². The monoisotopic (exact) mass is 286 g/mol. The van der Waals surface area contributed by atoms with Crippen LogP contribution in [0.25, 0.3) is 0 Å². The number of imidazole rings is 1. The molecule has 0 saturated carbocycles. The highest BCUT2D eigenvalue weighted by atomic mass is 32.2. The molecule has 18 heavy (non-hydrogen) atoms. The van der Waals surface area contributed by atoms with Gasteiger partial charge in [0.15, 0.2) is 4.86 Å². The van der Waals surface area contributed by atoms with Gasteiger partial charge >= 0.3 is 5.82 Å². The van der Waals surface area contributed by atoms with Gasteiger partial charge in [0.25, 0.3) is 0 Å². The molecule has 8 nitrogen and oxygen atoms in total. The predicted molar refractivity (Wildman–Crippen MR) is 64.1 cm³/mol. The van der Waals surface area contributed by atoms with Crippen molar-refractivity contribution in [1.29, 1.82) is 0 Å². The van der Waals surface area contributed by atoms with Crippen molar-refractivity contribution in [3.8, 4) is 0 Å². The Morgan fingerprint density at radius 1 is 1.50 bits per heavy atom. The van der Waals surface area contributed by atoms with Crippen molar-refractivity contribution in [3.63, 3.8) is 0 Å². The normalized spacial score (nSPS) is 10.3. The molecule has 2 aromatic rings. The first-order valence-electron chi connectivity index (χ1n) is 4.55. The molecule has 0 aliphatic carbocycles. The van der Waals surface area contributed by atoms with E-state index in [1.807, 2.05) is 0 Å². The first-order chi connectivity index (χ1) is 8.52. The summed E-state index contributed by atoms with van der Waals surface area (Å²) >= 11 is 1.12. The predicted octanol–water partition coefficient (Wildman–Crippen LogP) is 0.233. The summed E-state index contributed by atoms with van der Waals surface area (Å²) < 4.78 is 23.6. The Hall–Kier alpha value is -2.07. The SMILES string of the molecule is Cn1c([N+](=O)[O-])cnc1C(c1nccs1)=S(=O)=O. The molecular weight excluding hydrogens is 280 g/mol. The zero-order valence-electron chi connectivity index (χ0n) is 8.97. The Bertz CT molecular complexity index is 721. The van der Waals surface area contributed by atoms with Crippen molar-refractivity contribution in [2.45, 2.75) is 0 Å². The summed E-state index contributed by atoms with van der Waals surface area (Å²) in [5, 5.41) is 12.5. The molecule has 0 saturated heterocycles. The van der Waals surface area contributed by atoms with E-state index in [1.165, 1.54) is 13.2 Å². The van der Waals surface area contributed by atoms with E-state index in [2.05, 4.69) is 9.97 Å². The smallest absolute Gasteiger partial charge is 0.342 e. The van der Waals surface area contributed by atoms with E-state index in [-0.39, 0.29) is 21.5 Å². The molecule has 0 amide bonds. The highest BCUT2D eigenvalue weighted by Gasteiger charge is 2.24. The molecule has 0 aromatic carbocycles. The average Bonchev–Trinajstić information content (AvgIpc) is 2.90. The first kappa shape index (κ1) is 12.4. The van der Waals surface area contributed by atoms with Crippen LogP contribution in [0.1, 0.15) is 10.8 Å². The molecule has 2 aromatic heterocycles. The van der Waals surface area contributed by atoms with E-state index >= 15 is 0 Å². The summed E-state index contributed by atoms with van der Waals surface area (Å²) in [7, 11) is -1.21. The minimum atomic E-state index is -2.59. The van der Waals surface area contributed by atoms with Crippen LogP contribution in [-0.2, 0) is 17.3 Å². The van der Waals surface area contributed by atoms with E-state index in [1.54, 1.807) is 5.38 Å². The third-order valence-corrected chi connectivity index (χ3v) is 3.78. The molecule has 2 rings (SSSR count). The Labute approximate surface area is 106 Å². The standard InChI is InChI=1S/C8H6N4O4S2/c1-11-5(12(13)14)4-10-7(11)6(18(15)16)8-9-2-3-17-8/h2-4H,1H3. The lowest BCUT2D eigenvalue weighted by atomic mass is 10.4. The zero-order chi connectivity index (χ0) is 13.3. The van der Waals surface area contributed by atoms with Gasteiger partial charge in [-0.05, 0) is 4.92 Å². The lowest BCUT2D eigenvalue weighted by molar-refractivity contribution is -0.391. The van der Waals surface area contributed by atoms with Crippen molar-refractivity contribution < 1.29 is 13.3 Å². The molecule has 0 radical (unpaired) electrons. The first-order valence-corrected chi connectivity index (χ1v) is 6.50. The number of nitro groups is 1. The second-order valence-corrected chi connectivity index (χ2v) is 4.93. The largest absolute Gasteiger partial charge is 0.358 e. The molecule has 0 bridgehead atoms. The van der Waals surface area contributed by atoms with Gasteiger partial charge in [-0.2, -0.15) is 8.42 Å². The fraction of sp³-hybridized carbons (Fsp3) is 0.125. The molecule has 2 heterocycles. The van der Waals surface area contributed by atoms with Crippen LogP contribution >= 0.6 is 11.3 Å². The molecule has 10 heteroatoms. The Balaban J connectivity index is 2.68. The summed E-state index contributed by atoms with van der Waals surface area (Å²) in [4.78, 5) is 17.5. The Morgan fingerprint density at radius 3 is 2.67 bits per heavy atom. The van der Waals surface area contributed by atoms with Crippen molar-refractivity contribution in [2.24, 2.45) is 7.05 Å². The highest BCUT2D eigenvalue weighted by molar-refractivity contribution is 7.74. The lowest BCUT2D eigenvalue weighted by Gasteiger charge is -1.97. The molecule has 0 N–H and O–H groups in total. The fourth-order valence-corrected chi connectivity index (χ4v) is 2.81. The van der Waals surface area contributed by atoms with Crippen LogP contribution in [-0.4, -0.2) is 32.7 Å². The van der Waals surface area contributed by atoms with Gasteiger partial charge in [0, 0.05) is 11.6 Å². The number of rotatable bonds is 3. The summed E-state index contributed by atoms with van der Waals surface area (Å²) in [5.41, 5.74) is 0. The van der Waals surface area contributed by atoms with Gasteiger partial charge in [0.05, 0.1) is 7.05 Å². The average molecular weight is 286 g/mol. The van der Waals surface area contributed by atoms with Crippen LogP contribution in [0.4, 0.5) is 5.82 Å². The number of aromatic nitrogens is 3. The number of thiazole rings is 1. The van der Waals surface area contributed by atoms with Gasteiger partial charge in [0.1, 0.15) is 11.2 Å². The van der Waals surface area contributed by atoms with Gasteiger partial charge < -0.3 is 10.1 Å². The zero-order valence-corrected chi connectivity index (χ0v) is 10.6. The Morgan fingerprint density at radius 2 is 2.22 bits per heavy atom. The molecule has 0 aliphatic rings. The van der Waals surface area contributed by atoms with E-state index in [0.29, 0.717) is 0 Å². The van der Waals surface area contributed by atoms with Crippen molar-refractivity contribution in [1.82, 2.24) is 14.5 Å². The van der Waals surface area contributed by atoms with Gasteiger partial charge in [0.2, 0.25) is 16.1 Å². The van der Waals surface area contributed by atoms with Crippen molar-refractivity contribution >= 4 is 32.3 Å². The second-order valence-electron chi connectivity index (χ2n) is 3.16. The van der Waals surface area contributed by atoms with Crippen LogP contribution in [0.15, 0.2) is 17.8 Å². The molecule has 94 valence electrons. The highest BCUT2D eigenvalue weighted by Crippen LogP contribution is 2.16. The molecule has 0 spiro atoms. The third-order valence-electron chi connectivity index (χ3n) is 2.15. The number of hydrogen-bond acceptors (Lipinski definition) is 7. The van der Waals surface area contributed by atoms with Crippen molar-refractivity contribution in [3.05, 3.63) is 38.7 Å². The summed E-state index contributed by atoms with van der Waals surface area (Å²) in [6, 6.07) is 0. The molecule has 0 unspecified atom stereocenters. The number of hydrogen-bond donors (Lipinski definition) is 0. The summed E-state index contributed by atoms with van der Waals surface area (Å²) in [5.74, 6) is -0.297. The third kappa shape index (κ3) is 2.02. The topological polar surface area (TPSA) is 108 Å². The van der Waals surface area contributed by atoms with Crippen LogP contribution < -0.4 is 0 Å². The van der Waals surface area contributed by atoms with E-state index in [4.69, 9.17) is 0 Å². The van der Waals surface area contributed by atoms with E-state index < -0.39 is 15.2 Å². The molecule has 0 atom stereocenters. The van der Waals surface area contributed by atoms with Crippen LogP contribution in [0.2, 0.25) is 0 Å². The minimum absolute atomic E-state index is 0.00927. The molecular formula is C8H6N4O4S2. The molecule has 0 fully saturated rings. The summed E-state index contributed by atoms with van der Waals surface area (Å²) in [6.45, 7) is 0. The maximum absolute atomic E-state index is 11.2. The Kier molecular flexibility index (Phi) is 3.21. The van der Waals surface area contributed by atoms with Gasteiger partial charge in [-0.25, -0.2) is 14.5 Å².